The van der Waals surface area contributed by atoms with Crippen LogP contribution in [0.5, 0.6) is 0 Å². The van der Waals surface area contributed by atoms with Crippen molar-refractivity contribution in [3.05, 3.63) is 51.7 Å². The Morgan fingerprint density at radius 2 is 1.93 bits per heavy atom. The number of tetrazole rings is 1. The topological polar surface area (TPSA) is 67.2 Å². The first kappa shape index (κ1) is 19.4. The summed E-state index contributed by atoms with van der Waals surface area (Å²) >= 11 is 9.06. The average Bonchev–Trinajstić information content (AvgIpc) is 3.39. The van der Waals surface area contributed by atoms with Crippen molar-refractivity contribution in [3.63, 3.8) is 0 Å². The van der Waals surface area contributed by atoms with Crippen LogP contribution in [0.2, 0.25) is 5.02 Å². The van der Waals surface area contributed by atoms with Gasteiger partial charge in [0.15, 0.2) is 0 Å². The van der Waals surface area contributed by atoms with Gasteiger partial charge < -0.3 is 4.90 Å². The Balaban J connectivity index is 1.29. The number of carbonyl (C=O) groups is 1. The Kier molecular flexibility index (Phi) is 6.26. The maximum Gasteiger partial charge on any atom is 0.233 e. The van der Waals surface area contributed by atoms with Crippen molar-refractivity contribution in [2.24, 2.45) is 0 Å². The maximum atomic E-state index is 12.6. The molecule has 7 nitrogen and oxygen atoms in total. The fraction of sp³-hybridized carbons (Fsp3) is 0.333. The molecule has 0 atom stereocenters. The number of rotatable bonds is 6. The van der Waals surface area contributed by atoms with Crippen molar-refractivity contribution in [1.29, 1.82) is 0 Å². The number of thiophene rings is 1. The van der Waals surface area contributed by atoms with Crippen LogP contribution in [0.15, 0.2) is 46.9 Å². The van der Waals surface area contributed by atoms with Crippen LogP contribution < -0.4 is 0 Å². The largest absolute Gasteiger partial charge is 0.339 e. The Morgan fingerprint density at radius 3 is 2.64 bits per heavy atom. The number of piperazine rings is 1. The van der Waals surface area contributed by atoms with Crippen LogP contribution in [0.4, 0.5) is 0 Å². The number of nitrogens with zero attached hydrogens (tertiary/aromatic N) is 6. The Labute approximate surface area is 176 Å². The van der Waals surface area contributed by atoms with E-state index >= 15 is 0 Å². The van der Waals surface area contributed by atoms with E-state index in [-0.39, 0.29) is 5.91 Å². The van der Waals surface area contributed by atoms with E-state index in [1.165, 1.54) is 16.6 Å². The molecule has 3 heterocycles. The number of aromatic nitrogens is 4. The molecular formula is C18H19ClN6OS2. The predicted octanol–water partition coefficient (Wildman–Crippen LogP) is 2.81. The van der Waals surface area contributed by atoms with Gasteiger partial charge >= 0.3 is 0 Å². The summed E-state index contributed by atoms with van der Waals surface area (Å²) in [4.78, 5) is 18.3. The minimum absolute atomic E-state index is 0.117. The van der Waals surface area contributed by atoms with E-state index in [9.17, 15) is 4.79 Å². The average molecular weight is 435 g/mol. The summed E-state index contributed by atoms with van der Waals surface area (Å²) in [7, 11) is 0. The van der Waals surface area contributed by atoms with E-state index < -0.39 is 0 Å². The highest BCUT2D eigenvalue weighted by molar-refractivity contribution is 7.99. The number of hydrogen-bond acceptors (Lipinski definition) is 7. The summed E-state index contributed by atoms with van der Waals surface area (Å²) in [5.41, 5.74) is 0.812. The van der Waals surface area contributed by atoms with Crippen LogP contribution in [-0.4, -0.2) is 67.8 Å². The van der Waals surface area contributed by atoms with Gasteiger partial charge in [-0.05, 0) is 46.1 Å². The zero-order valence-corrected chi connectivity index (χ0v) is 17.5. The van der Waals surface area contributed by atoms with E-state index in [4.69, 9.17) is 11.6 Å². The minimum atomic E-state index is 0.117. The molecule has 4 rings (SSSR count). The summed E-state index contributed by atoms with van der Waals surface area (Å²) in [5.74, 6) is 0.435. The van der Waals surface area contributed by atoms with Crippen molar-refractivity contribution in [3.8, 4) is 5.69 Å². The molecule has 0 saturated carbocycles. The lowest BCUT2D eigenvalue weighted by molar-refractivity contribution is -0.130. The van der Waals surface area contributed by atoms with Gasteiger partial charge in [-0.2, -0.15) is 4.68 Å². The highest BCUT2D eigenvalue weighted by Gasteiger charge is 2.22. The number of carbonyl (C=O) groups excluding carboxylic acids is 1. The van der Waals surface area contributed by atoms with Gasteiger partial charge in [0, 0.05) is 42.6 Å². The predicted molar refractivity (Wildman–Crippen MR) is 111 cm³/mol. The van der Waals surface area contributed by atoms with Gasteiger partial charge in [0.1, 0.15) is 0 Å². The van der Waals surface area contributed by atoms with Gasteiger partial charge in [0.25, 0.3) is 0 Å². The first-order valence-corrected chi connectivity index (χ1v) is 11.1. The quantitative estimate of drug-likeness (QED) is 0.556. The Bertz CT molecular complexity index is 907. The van der Waals surface area contributed by atoms with Gasteiger partial charge in [-0.3, -0.25) is 9.69 Å². The summed E-state index contributed by atoms with van der Waals surface area (Å²) in [6.07, 6.45) is 0. The summed E-state index contributed by atoms with van der Waals surface area (Å²) in [5, 5.41) is 15.1. The molecule has 0 unspecified atom stereocenters. The molecule has 0 bridgehead atoms. The lowest BCUT2D eigenvalue weighted by Gasteiger charge is -2.34. The molecule has 1 aliphatic rings. The van der Waals surface area contributed by atoms with Crippen molar-refractivity contribution in [1.82, 2.24) is 30.0 Å². The minimum Gasteiger partial charge on any atom is -0.339 e. The molecule has 1 saturated heterocycles. The molecule has 0 radical (unpaired) electrons. The molecule has 3 aromatic rings. The Morgan fingerprint density at radius 1 is 1.14 bits per heavy atom. The molecule has 2 aromatic heterocycles. The molecule has 28 heavy (non-hydrogen) atoms. The van der Waals surface area contributed by atoms with Crippen LogP contribution in [0.1, 0.15) is 4.88 Å². The van der Waals surface area contributed by atoms with Crippen molar-refractivity contribution < 1.29 is 4.79 Å². The van der Waals surface area contributed by atoms with Gasteiger partial charge in [-0.15, -0.1) is 16.4 Å². The van der Waals surface area contributed by atoms with Gasteiger partial charge in [0.05, 0.1) is 11.4 Å². The highest BCUT2D eigenvalue weighted by Crippen LogP contribution is 2.20. The first-order chi connectivity index (χ1) is 13.7. The molecule has 0 N–H and O–H groups in total. The summed E-state index contributed by atoms with van der Waals surface area (Å²) < 4.78 is 1.62. The molecule has 1 fully saturated rings. The van der Waals surface area contributed by atoms with Crippen molar-refractivity contribution >= 4 is 40.6 Å². The number of benzene rings is 1. The first-order valence-electron chi connectivity index (χ1n) is 8.89. The van der Waals surface area contributed by atoms with Crippen LogP contribution >= 0.6 is 34.7 Å². The SMILES string of the molecule is O=C(CSc1nnnn1-c1ccc(Cl)cc1)N1CCN(Cc2cccs2)CC1. The normalized spacial score (nSPS) is 15.1. The lowest BCUT2D eigenvalue weighted by atomic mass is 10.3. The van der Waals surface area contributed by atoms with Crippen LogP contribution in [-0.2, 0) is 11.3 Å². The van der Waals surface area contributed by atoms with E-state index in [0.717, 1.165) is 38.4 Å². The molecule has 10 heteroatoms. The second kappa shape index (κ2) is 9.04. The molecular weight excluding hydrogens is 416 g/mol. The second-order valence-electron chi connectivity index (χ2n) is 6.37. The molecule has 1 aliphatic heterocycles. The smallest absolute Gasteiger partial charge is 0.233 e. The van der Waals surface area contributed by atoms with Gasteiger partial charge in [0.2, 0.25) is 11.1 Å². The molecule has 1 amide bonds. The highest BCUT2D eigenvalue weighted by atomic mass is 35.5. The molecule has 1 aromatic carbocycles. The fourth-order valence-corrected chi connectivity index (χ4v) is 4.67. The van der Waals surface area contributed by atoms with Crippen molar-refractivity contribution in [2.75, 3.05) is 31.9 Å². The van der Waals surface area contributed by atoms with E-state index in [0.29, 0.717) is 15.9 Å². The maximum absolute atomic E-state index is 12.6. The number of halogens is 1. The standard InChI is InChI=1S/C18H19ClN6OS2/c19-14-3-5-15(6-4-14)25-18(20-21-22-25)28-13-17(26)24-9-7-23(8-10-24)12-16-2-1-11-27-16/h1-6,11H,7-10,12-13H2. The third-order valence-electron chi connectivity index (χ3n) is 4.52. The zero-order chi connectivity index (χ0) is 19.3. The zero-order valence-electron chi connectivity index (χ0n) is 15.1. The molecule has 146 valence electrons. The van der Waals surface area contributed by atoms with Crippen LogP contribution in [0.25, 0.3) is 5.69 Å². The van der Waals surface area contributed by atoms with E-state index in [1.807, 2.05) is 17.0 Å². The van der Waals surface area contributed by atoms with Crippen molar-refractivity contribution in [2.45, 2.75) is 11.7 Å². The Hall–Kier alpha value is -1.94. The summed E-state index contributed by atoms with van der Waals surface area (Å²) in [6, 6.07) is 11.5. The second-order valence-corrected chi connectivity index (χ2v) is 8.79. The van der Waals surface area contributed by atoms with Crippen LogP contribution in [0, 0.1) is 0 Å². The van der Waals surface area contributed by atoms with E-state index in [1.54, 1.807) is 28.2 Å². The fourth-order valence-electron chi connectivity index (χ4n) is 3.01. The third-order valence-corrected chi connectivity index (χ3v) is 6.54. The number of hydrogen-bond donors (Lipinski definition) is 0. The third kappa shape index (κ3) is 4.72. The summed E-state index contributed by atoms with van der Waals surface area (Å²) in [6.45, 7) is 4.28. The molecule has 0 spiro atoms. The monoisotopic (exact) mass is 434 g/mol. The number of amides is 1. The molecule has 0 aliphatic carbocycles. The van der Waals surface area contributed by atoms with Gasteiger partial charge in [-0.1, -0.05) is 29.4 Å². The van der Waals surface area contributed by atoms with Gasteiger partial charge in [-0.25, -0.2) is 0 Å². The number of thioether (sulfide) groups is 1. The van der Waals surface area contributed by atoms with E-state index in [2.05, 4.69) is 37.9 Å². The lowest BCUT2D eigenvalue weighted by Crippen LogP contribution is -2.48. The van der Waals surface area contributed by atoms with Crippen LogP contribution in [0.3, 0.4) is 0 Å².